The molecule has 0 aliphatic heterocycles. The number of nitrogens with zero attached hydrogens (tertiary/aromatic N) is 2. The molecule has 0 bridgehead atoms. The number of thiazole rings is 1. The van der Waals surface area contributed by atoms with Crippen LogP contribution in [0.5, 0.6) is 0 Å². The molecule has 9 heteroatoms. The molecular formula is C10H7Cl2N3O2S2. The van der Waals surface area contributed by atoms with Gasteiger partial charge in [-0.2, -0.15) is 0 Å². The number of anilines is 1. The lowest BCUT2D eigenvalue weighted by molar-refractivity contribution is 0.102. The summed E-state index contributed by atoms with van der Waals surface area (Å²) in [5.41, 5.74) is 1.17. The van der Waals surface area contributed by atoms with Crippen molar-refractivity contribution in [2.24, 2.45) is 5.16 Å². The average Bonchev–Trinajstić information content (AvgIpc) is 2.95. The molecule has 2 aromatic rings. The van der Waals surface area contributed by atoms with Crippen molar-refractivity contribution in [3.05, 3.63) is 31.4 Å². The third-order valence-corrected chi connectivity index (χ3v) is 4.39. The molecule has 19 heavy (non-hydrogen) atoms. The van der Waals surface area contributed by atoms with E-state index in [0.717, 1.165) is 11.3 Å². The van der Waals surface area contributed by atoms with E-state index in [1.165, 1.54) is 17.4 Å². The van der Waals surface area contributed by atoms with E-state index < -0.39 is 0 Å². The first kappa shape index (κ1) is 14.3. The summed E-state index contributed by atoms with van der Waals surface area (Å²) >= 11 is 14.0. The highest BCUT2D eigenvalue weighted by Gasteiger charge is 2.16. The van der Waals surface area contributed by atoms with Gasteiger partial charge in [0.2, 0.25) is 0 Å². The van der Waals surface area contributed by atoms with Crippen LogP contribution in [0.15, 0.2) is 16.6 Å². The molecule has 0 saturated carbocycles. The van der Waals surface area contributed by atoms with Crippen LogP contribution in [0.1, 0.15) is 23.0 Å². The normalized spacial score (nSPS) is 11.6. The van der Waals surface area contributed by atoms with Crippen molar-refractivity contribution in [2.75, 3.05) is 5.32 Å². The Morgan fingerprint density at radius 3 is 2.84 bits per heavy atom. The van der Waals surface area contributed by atoms with Crippen molar-refractivity contribution in [2.45, 2.75) is 6.92 Å². The van der Waals surface area contributed by atoms with E-state index >= 15 is 0 Å². The van der Waals surface area contributed by atoms with Gasteiger partial charge < -0.3 is 5.21 Å². The molecule has 2 rings (SSSR count). The quantitative estimate of drug-likeness (QED) is 0.506. The standard InChI is InChI=1S/C10H7Cl2N3O2S2/c1-4(15-17)6-3-18-10(13-6)14-9(16)5-2-7(11)19-8(5)12/h2-3,17H,1H3,(H,13,14,16)/b15-4-. The lowest BCUT2D eigenvalue weighted by Gasteiger charge is -1.99. The molecule has 100 valence electrons. The van der Waals surface area contributed by atoms with Crippen LogP contribution in [-0.2, 0) is 0 Å². The average molecular weight is 336 g/mol. The van der Waals surface area contributed by atoms with Gasteiger partial charge in [0.05, 0.1) is 9.90 Å². The zero-order chi connectivity index (χ0) is 14.0. The Labute approximate surface area is 126 Å². The van der Waals surface area contributed by atoms with Gasteiger partial charge >= 0.3 is 0 Å². The highest BCUT2D eigenvalue weighted by atomic mass is 35.5. The number of hydrogen-bond donors (Lipinski definition) is 2. The number of nitrogens with one attached hydrogen (secondary N) is 1. The fourth-order valence-corrected chi connectivity index (χ4v) is 3.42. The first-order valence-electron chi connectivity index (χ1n) is 4.92. The summed E-state index contributed by atoms with van der Waals surface area (Å²) in [6.45, 7) is 1.61. The number of halogens is 2. The summed E-state index contributed by atoms with van der Waals surface area (Å²) in [4.78, 5) is 16.0. The minimum Gasteiger partial charge on any atom is -0.411 e. The molecule has 5 nitrogen and oxygen atoms in total. The van der Waals surface area contributed by atoms with Crippen molar-refractivity contribution in [3.63, 3.8) is 0 Å². The Hall–Kier alpha value is -1.15. The largest absolute Gasteiger partial charge is 0.411 e. The predicted molar refractivity (Wildman–Crippen MR) is 78.4 cm³/mol. The van der Waals surface area contributed by atoms with E-state index in [9.17, 15) is 4.79 Å². The molecule has 0 saturated heterocycles. The van der Waals surface area contributed by atoms with Crippen LogP contribution in [0.2, 0.25) is 8.67 Å². The Morgan fingerprint density at radius 1 is 1.53 bits per heavy atom. The van der Waals surface area contributed by atoms with Gasteiger partial charge in [-0.05, 0) is 13.0 Å². The summed E-state index contributed by atoms with van der Waals surface area (Å²) < 4.78 is 0.769. The number of rotatable bonds is 3. The molecule has 0 aromatic carbocycles. The molecule has 0 atom stereocenters. The SMILES string of the molecule is C/C(=N/O)c1csc(NC(=O)c2cc(Cl)sc2Cl)n1. The van der Waals surface area contributed by atoms with E-state index in [4.69, 9.17) is 28.4 Å². The zero-order valence-electron chi connectivity index (χ0n) is 9.48. The summed E-state index contributed by atoms with van der Waals surface area (Å²) in [5.74, 6) is -0.382. The third kappa shape index (κ3) is 3.24. The first-order chi connectivity index (χ1) is 9.01. The number of thiophene rings is 1. The van der Waals surface area contributed by atoms with E-state index in [0.29, 0.717) is 30.8 Å². The van der Waals surface area contributed by atoms with Crippen molar-refractivity contribution in [1.29, 1.82) is 0 Å². The van der Waals surface area contributed by atoms with Gasteiger partial charge in [-0.1, -0.05) is 28.4 Å². The van der Waals surface area contributed by atoms with E-state index in [-0.39, 0.29) is 5.91 Å². The molecule has 0 radical (unpaired) electrons. The Bertz CT molecular complexity index is 651. The maximum Gasteiger partial charge on any atom is 0.259 e. The molecular weight excluding hydrogens is 329 g/mol. The van der Waals surface area contributed by atoms with Gasteiger partial charge in [-0.3, -0.25) is 10.1 Å². The molecule has 0 spiro atoms. The summed E-state index contributed by atoms with van der Waals surface area (Å²) in [6, 6.07) is 1.50. The van der Waals surface area contributed by atoms with E-state index in [2.05, 4.69) is 15.5 Å². The molecule has 2 N–H and O–H groups in total. The van der Waals surface area contributed by atoms with E-state index in [1.807, 2.05) is 0 Å². The maximum absolute atomic E-state index is 11.9. The number of carbonyl (C=O) groups excluding carboxylic acids is 1. The van der Waals surface area contributed by atoms with Crippen LogP contribution in [0.3, 0.4) is 0 Å². The monoisotopic (exact) mass is 335 g/mol. The molecule has 2 heterocycles. The molecule has 1 amide bonds. The maximum atomic E-state index is 11.9. The summed E-state index contributed by atoms with van der Waals surface area (Å²) in [7, 11) is 0. The number of oxime groups is 1. The van der Waals surface area contributed by atoms with Gasteiger partial charge in [0.25, 0.3) is 5.91 Å². The Kier molecular flexibility index (Phi) is 4.41. The highest BCUT2D eigenvalue weighted by molar-refractivity contribution is 7.20. The lowest BCUT2D eigenvalue weighted by atomic mass is 10.3. The van der Waals surface area contributed by atoms with Crippen LogP contribution >= 0.6 is 45.9 Å². The smallest absolute Gasteiger partial charge is 0.259 e. The minimum absolute atomic E-state index is 0.306. The fourth-order valence-electron chi connectivity index (χ4n) is 1.21. The van der Waals surface area contributed by atoms with Crippen LogP contribution in [0.25, 0.3) is 0 Å². The van der Waals surface area contributed by atoms with Gasteiger partial charge in [0.15, 0.2) is 5.13 Å². The summed E-state index contributed by atoms with van der Waals surface area (Å²) in [6.07, 6.45) is 0. The number of amides is 1. The van der Waals surface area contributed by atoms with Gasteiger partial charge in [-0.25, -0.2) is 4.98 Å². The van der Waals surface area contributed by atoms with Crippen molar-refractivity contribution in [3.8, 4) is 0 Å². The molecule has 0 unspecified atom stereocenters. The zero-order valence-corrected chi connectivity index (χ0v) is 12.6. The van der Waals surface area contributed by atoms with Crippen LogP contribution in [0.4, 0.5) is 5.13 Å². The predicted octanol–water partition coefficient (Wildman–Crippen LogP) is 3.96. The second-order valence-electron chi connectivity index (χ2n) is 3.42. The summed E-state index contributed by atoms with van der Waals surface area (Å²) in [5, 5.41) is 16.3. The molecule has 0 aliphatic carbocycles. The first-order valence-corrected chi connectivity index (χ1v) is 7.37. The van der Waals surface area contributed by atoms with Crippen molar-refractivity contribution in [1.82, 2.24) is 4.98 Å². The van der Waals surface area contributed by atoms with Gasteiger partial charge in [0.1, 0.15) is 15.7 Å². The van der Waals surface area contributed by atoms with Crippen LogP contribution in [0, 0.1) is 0 Å². The number of aromatic nitrogens is 1. The Balaban J connectivity index is 2.15. The van der Waals surface area contributed by atoms with Gasteiger partial charge in [0, 0.05) is 5.38 Å². The van der Waals surface area contributed by atoms with Gasteiger partial charge in [-0.15, -0.1) is 22.7 Å². The molecule has 2 aromatic heterocycles. The number of carbonyl (C=O) groups is 1. The van der Waals surface area contributed by atoms with Crippen molar-refractivity contribution < 1.29 is 10.0 Å². The lowest BCUT2D eigenvalue weighted by Crippen LogP contribution is -2.11. The molecule has 0 fully saturated rings. The van der Waals surface area contributed by atoms with E-state index in [1.54, 1.807) is 12.3 Å². The number of hydrogen-bond acceptors (Lipinski definition) is 6. The third-order valence-electron chi connectivity index (χ3n) is 2.15. The fraction of sp³-hybridized carbons (Fsp3) is 0.100. The minimum atomic E-state index is -0.382. The Morgan fingerprint density at radius 2 is 2.26 bits per heavy atom. The highest BCUT2D eigenvalue weighted by Crippen LogP contribution is 2.31. The topological polar surface area (TPSA) is 74.6 Å². The van der Waals surface area contributed by atoms with Crippen LogP contribution < -0.4 is 5.32 Å². The molecule has 0 aliphatic rings. The second-order valence-corrected chi connectivity index (χ2v) is 6.56. The van der Waals surface area contributed by atoms with Crippen molar-refractivity contribution >= 4 is 62.6 Å². The van der Waals surface area contributed by atoms with Crippen LogP contribution in [-0.4, -0.2) is 21.8 Å². The second kappa shape index (κ2) is 5.87.